The summed E-state index contributed by atoms with van der Waals surface area (Å²) in [6.07, 6.45) is 2.48. The molecule has 0 amide bonds. The normalized spacial score (nSPS) is 26.6. The van der Waals surface area contributed by atoms with Gasteiger partial charge in [-0.1, -0.05) is 0 Å². The van der Waals surface area contributed by atoms with Crippen molar-refractivity contribution in [2.24, 2.45) is 5.41 Å². The van der Waals surface area contributed by atoms with Crippen LogP contribution in [0.15, 0.2) is 6.07 Å². The summed E-state index contributed by atoms with van der Waals surface area (Å²) in [6, 6.07) is 2.10. The molecular weight excluding hydrogens is 252 g/mol. The second-order valence-corrected chi connectivity index (χ2v) is 6.46. The summed E-state index contributed by atoms with van der Waals surface area (Å²) < 4.78 is 5.59. The van der Waals surface area contributed by atoms with Crippen LogP contribution in [-0.4, -0.2) is 55.3 Å². The number of rotatable bonds is 3. The van der Waals surface area contributed by atoms with Gasteiger partial charge in [-0.15, -0.1) is 0 Å². The summed E-state index contributed by atoms with van der Waals surface area (Å²) in [5.74, 6) is 0.804. The third kappa shape index (κ3) is 2.79. The van der Waals surface area contributed by atoms with Crippen molar-refractivity contribution in [2.45, 2.75) is 26.3 Å². The number of likely N-dealkylation sites (tertiary alicyclic amines) is 1. The van der Waals surface area contributed by atoms with Crippen molar-refractivity contribution < 1.29 is 4.74 Å². The van der Waals surface area contributed by atoms with E-state index in [2.05, 4.69) is 20.9 Å². The van der Waals surface area contributed by atoms with Crippen molar-refractivity contribution in [3.63, 3.8) is 0 Å². The first-order valence-corrected chi connectivity index (χ1v) is 7.38. The molecule has 2 fully saturated rings. The molecule has 1 atom stereocenters. The molecule has 3 heterocycles. The van der Waals surface area contributed by atoms with Gasteiger partial charge in [0.2, 0.25) is 5.95 Å². The maximum Gasteiger partial charge on any atom is 0.225 e. The second-order valence-electron chi connectivity index (χ2n) is 6.46. The summed E-state index contributed by atoms with van der Waals surface area (Å²) in [6.45, 7) is 7.14. The highest BCUT2D eigenvalue weighted by Crippen LogP contribution is 2.38. The molecule has 110 valence electrons. The Hall–Kier alpha value is -1.20. The van der Waals surface area contributed by atoms with Gasteiger partial charge >= 0.3 is 0 Å². The van der Waals surface area contributed by atoms with Gasteiger partial charge in [0.25, 0.3) is 0 Å². The van der Waals surface area contributed by atoms with Gasteiger partial charge in [-0.3, -0.25) is 4.90 Å². The van der Waals surface area contributed by atoms with Gasteiger partial charge in [0.1, 0.15) is 0 Å². The topological polar surface area (TPSA) is 41.5 Å². The van der Waals surface area contributed by atoms with Gasteiger partial charge in [-0.05, 0) is 32.4 Å². The number of hydrogen-bond acceptors (Lipinski definition) is 5. The molecule has 5 heteroatoms. The highest BCUT2D eigenvalue weighted by molar-refractivity contribution is 5.29. The van der Waals surface area contributed by atoms with Gasteiger partial charge in [0.05, 0.1) is 12.3 Å². The van der Waals surface area contributed by atoms with E-state index in [4.69, 9.17) is 4.74 Å². The summed E-state index contributed by atoms with van der Waals surface area (Å²) in [5, 5.41) is 0. The van der Waals surface area contributed by atoms with Crippen molar-refractivity contribution in [2.75, 3.05) is 45.3 Å². The van der Waals surface area contributed by atoms with Crippen LogP contribution >= 0.6 is 0 Å². The maximum absolute atomic E-state index is 5.59. The lowest BCUT2D eigenvalue weighted by atomic mass is 9.87. The minimum absolute atomic E-state index is 0.423. The lowest BCUT2D eigenvalue weighted by molar-refractivity contribution is 0.151. The zero-order valence-corrected chi connectivity index (χ0v) is 12.7. The molecule has 1 aromatic heterocycles. The monoisotopic (exact) mass is 276 g/mol. The number of anilines is 1. The van der Waals surface area contributed by atoms with E-state index in [1.54, 1.807) is 0 Å². The molecule has 2 saturated heterocycles. The van der Waals surface area contributed by atoms with Crippen LogP contribution < -0.4 is 4.90 Å². The van der Waals surface area contributed by atoms with E-state index < -0.39 is 0 Å². The Labute approximate surface area is 121 Å². The molecule has 2 aliphatic rings. The highest BCUT2D eigenvalue weighted by Gasteiger charge is 2.41. The second kappa shape index (κ2) is 5.30. The Bertz CT molecular complexity index is 483. The molecule has 2 aliphatic heterocycles. The van der Waals surface area contributed by atoms with Gasteiger partial charge in [0, 0.05) is 44.9 Å². The van der Waals surface area contributed by atoms with Crippen molar-refractivity contribution in [1.82, 2.24) is 14.9 Å². The van der Waals surface area contributed by atoms with Crippen LogP contribution in [0.25, 0.3) is 0 Å². The Morgan fingerprint density at radius 2 is 2.20 bits per heavy atom. The predicted octanol–water partition coefficient (Wildman–Crippen LogP) is 1.46. The largest absolute Gasteiger partial charge is 0.381 e. The molecule has 5 nitrogen and oxygen atoms in total. The number of aryl methyl sites for hydroxylation is 1. The molecular formula is C15H24N4O. The molecule has 0 N–H and O–H groups in total. The number of ether oxygens (including phenoxy) is 1. The Morgan fingerprint density at radius 1 is 1.35 bits per heavy atom. The van der Waals surface area contributed by atoms with Crippen LogP contribution in [0.2, 0.25) is 0 Å². The summed E-state index contributed by atoms with van der Waals surface area (Å²) in [4.78, 5) is 13.6. The fraction of sp³-hybridized carbons (Fsp3) is 0.733. The molecule has 0 aliphatic carbocycles. The van der Waals surface area contributed by atoms with E-state index >= 15 is 0 Å². The average Bonchev–Trinajstić information content (AvgIpc) is 3.00. The van der Waals surface area contributed by atoms with Crippen LogP contribution in [0.4, 0.5) is 5.95 Å². The molecule has 1 spiro atoms. The predicted molar refractivity (Wildman–Crippen MR) is 78.9 cm³/mol. The molecule has 0 saturated carbocycles. The SMILES string of the molecule is Cc1cc(CN2CCC3(CCOC3)C2)nc(N(C)C)n1. The highest BCUT2D eigenvalue weighted by atomic mass is 16.5. The van der Waals surface area contributed by atoms with E-state index in [1.165, 1.54) is 12.8 Å². The van der Waals surface area contributed by atoms with Crippen molar-refractivity contribution in [3.8, 4) is 0 Å². The van der Waals surface area contributed by atoms with Gasteiger partial charge in [0.15, 0.2) is 0 Å². The van der Waals surface area contributed by atoms with Crippen molar-refractivity contribution >= 4 is 5.95 Å². The fourth-order valence-electron chi connectivity index (χ4n) is 3.26. The lowest BCUT2D eigenvalue weighted by Gasteiger charge is -2.22. The lowest BCUT2D eigenvalue weighted by Crippen LogP contribution is -2.27. The standard InChI is InChI=1S/C15H24N4O/c1-12-8-13(17-14(16-12)18(2)3)9-19-6-4-15(10-19)5-7-20-11-15/h8H,4-7,9-11H2,1-3H3. The van der Waals surface area contributed by atoms with Crippen LogP contribution in [0, 0.1) is 12.3 Å². The molecule has 0 bridgehead atoms. The average molecular weight is 276 g/mol. The quantitative estimate of drug-likeness (QED) is 0.836. The van der Waals surface area contributed by atoms with E-state index in [0.29, 0.717) is 5.41 Å². The molecule has 1 unspecified atom stereocenters. The minimum Gasteiger partial charge on any atom is -0.381 e. The Morgan fingerprint density at radius 3 is 2.90 bits per heavy atom. The number of nitrogens with zero attached hydrogens (tertiary/aromatic N) is 4. The molecule has 3 rings (SSSR count). The van der Waals surface area contributed by atoms with Gasteiger partial charge < -0.3 is 9.64 Å². The smallest absolute Gasteiger partial charge is 0.225 e. The first-order valence-electron chi connectivity index (χ1n) is 7.38. The van der Waals surface area contributed by atoms with E-state index in [-0.39, 0.29) is 0 Å². The van der Waals surface area contributed by atoms with E-state index in [1.807, 2.05) is 25.9 Å². The number of hydrogen-bond donors (Lipinski definition) is 0. The summed E-state index contributed by atoms with van der Waals surface area (Å²) >= 11 is 0. The molecule has 0 aromatic carbocycles. The first-order chi connectivity index (χ1) is 9.56. The van der Waals surface area contributed by atoms with Crippen molar-refractivity contribution in [1.29, 1.82) is 0 Å². The zero-order chi connectivity index (χ0) is 14.2. The molecule has 20 heavy (non-hydrogen) atoms. The first kappa shape index (κ1) is 13.8. The Kier molecular flexibility index (Phi) is 3.65. The van der Waals surface area contributed by atoms with Crippen molar-refractivity contribution in [3.05, 3.63) is 17.5 Å². The Balaban J connectivity index is 1.69. The molecule has 1 aromatic rings. The van der Waals surface area contributed by atoms with Crippen LogP contribution in [0.3, 0.4) is 0 Å². The third-order valence-electron chi connectivity index (χ3n) is 4.38. The maximum atomic E-state index is 5.59. The fourth-order valence-corrected chi connectivity index (χ4v) is 3.26. The van der Waals surface area contributed by atoms with Crippen LogP contribution in [-0.2, 0) is 11.3 Å². The molecule has 0 radical (unpaired) electrons. The van der Waals surface area contributed by atoms with Crippen LogP contribution in [0.1, 0.15) is 24.2 Å². The summed E-state index contributed by atoms with van der Waals surface area (Å²) in [7, 11) is 3.97. The van der Waals surface area contributed by atoms with E-state index in [9.17, 15) is 0 Å². The van der Waals surface area contributed by atoms with Crippen LogP contribution in [0.5, 0.6) is 0 Å². The minimum atomic E-state index is 0.423. The number of aromatic nitrogens is 2. The van der Waals surface area contributed by atoms with Gasteiger partial charge in [-0.25, -0.2) is 9.97 Å². The summed E-state index contributed by atoms with van der Waals surface area (Å²) in [5.41, 5.74) is 2.58. The third-order valence-corrected chi connectivity index (χ3v) is 4.38. The van der Waals surface area contributed by atoms with E-state index in [0.717, 1.165) is 50.2 Å². The zero-order valence-electron chi connectivity index (χ0n) is 12.7. The van der Waals surface area contributed by atoms with Gasteiger partial charge in [-0.2, -0.15) is 0 Å².